The van der Waals surface area contributed by atoms with Crippen LogP contribution < -0.4 is 5.32 Å². The molecule has 91 heavy (non-hydrogen) atoms. The number of aliphatic hydroxyl groups is 11. The number of aliphatic hydroxyl groups excluding tert-OH is 11. The second kappa shape index (κ2) is 52.5. The molecule has 3 saturated heterocycles. The molecule has 3 aliphatic heterocycles. The molecule has 3 rings (SSSR count). The molecule has 0 spiro atoms. The number of carbonyl (C=O) groups excluding carboxylic acids is 1. The van der Waals surface area contributed by atoms with Crippen LogP contribution in [0.5, 0.6) is 0 Å². The van der Waals surface area contributed by atoms with Gasteiger partial charge < -0.3 is 89.9 Å². The molecule has 17 atom stereocenters. The van der Waals surface area contributed by atoms with Crippen LogP contribution >= 0.6 is 0 Å². The SMILES string of the molecule is CC/C=C\C/C=C\C/C=C\C/C=C\C/C=C\C/C=C\C/C=C\C/C=C\C/C=C\CCCCCC(=O)NC(COC1OC(CO)C(OC2OC(CO)C(OC3OC(CO)C(O)C(O)C3O)C(O)C2O)C(O)C1O)C(O)/C=C/CCCCCCCCCCCCCCC. The highest BCUT2D eigenvalue weighted by atomic mass is 16.8. The van der Waals surface area contributed by atoms with Gasteiger partial charge in [0.15, 0.2) is 18.9 Å². The molecule has 0 radical (unpaired) electrons. The minimum absolute atomic E-state index is 0.195. The van der Waals surface area contributed by atoms with Crippen LogP contribution in [0, 0.1) is 0 Å². The van der Waals surface area contributed by atoms with E-state index in [9.17, 15) is 61.0 Å². The molecule has 12 N–H and O–H groups in total. The number of allylic oxidation sites excluding steroid dienone is 19. The molecule has 0 aromatic rings. The Hall–Kier alpha value is -3.81. The maximum atomic E-state index is 13.4. The van der Waals surface area contributed by atoms with E-state index in [2.05, 4.69) is 129 Å². The number of amides is 1. The van der Waals surface area contributed by atoms with Gasteiger partial charge in [-0.15, -0.1) is 0 Å². The van der Waals surface area contributed by atoms with Gasteiger partial charge in [0, 0.05) is 6.42 Å². The number of hydrogen-bond acceptors (Lipinski definition) is 18. The van der Waals surface area contributed by atoms with Crippen molar-refractivity contribution in [1.82, 2.24) is 5.32 Å². The molecular formula is C72H119NO18. The van der Waals surface area contributed by atoms with E-state index >= 15 is 0 Å². The standard InChI is InChI=1S/C72H119NO18/c1-3-5-7-9-11-13-15-17-19-20-21-22-23-24-25-26-27-28-29-30-31-32-33-34-36-38-40-42-44-46-48-50-60(78)73-55(56(77)49-47-45-43-41-39-37-35-18-16-14-12-10-8-6-4-2)54-86-70-66(84)63(81)68(58(52-75)88-70)91-72-67(85)64(82)69(59(53-76)89-72)90-71-65(83)62(80)61(79)57(51-74)87-71/h5,7,11,13,17,19,21-22,24-25,27-28,30-31,33-34,38,40,47,49,55-59,61-72,74-77,79-85H,3-4,6,8-10,12,14-16,18,20,23,26,29,32,35-37,39,41-46,48,50-54H2,1-2H3,(H,73,78)/b7-5-,13-11-,19-17-,22-21-,25-24-,28-27-,31-30-,34-33-,40-38-,49-47+. The van der Waals surface area contributed by atoms with Gasteiger partial charge in [-0.25, -0.2) is 0 Å². The maximum absolute atomic E-state index is 13.4. The molecule has 3 aliphatic rings. The van der Waals surface area contributed by atoms with E-state index in [-0.39, 0.29) is 18.9 Å². The van der Waals surface area contributed by atoms with Crippen LogP contribution in [0.15, 0.2) is 122 Å². The molecule has 19 heteroatoms. The van der Waals surface area contributed by atoms with E-state index in [0.717, 1.165) is 103 Å². The van der Waals surface area contributed by atoms with E-state index in [1.54, 1.807) is 6.08 Å². The molecule has 520 valence electrons. The summed E-state index contributed by atoms with van der Waals surface area (Å²) in [5.41, 5.74) is 0. The fourth-order valence-electron chi connectivity index (χ4n) is 10.7. The molecule has 0 saturated carbocycles. The second-order valence-electron chi connectivity index (χ2n) is 23.9. The average molecular weight is 1290 g/mol. The second-order valence-corrected chi connectivity index (χ2v) is 23.9. The van der Waals surface area contributed by atoms with Gasteiger partial charge in [0.25, 0.3) is 0 Å². The van der Waals surface area contributed by atoms with Gasteiger partial charge in [-0.3, -0.25) is 4.79 Å². The number of rotatable bonds is 50. The van der Waals surface area contributed by atoms with Crippen LogP contribution in [0.3, 0.4) is 0 Å². The first-order valence-corrected chi connectivity index (χ1v) is 34.3. The molecule has 3 heterocycles. The van der Waals surface area contributed by atoms with Crippen LogP contribution in [0.2, 0.25) is 0 Å². The monoisotopic (exact) mass is 1290 g/mol. The van der Waals surface area contributed by atoms with Crippen molar-refractivity contribution < 1.29 is 89.4 Å². The number of carbonyl (C=O) groups is 1. The Kier molecular flexibility index (Phi) is 46.9. The zero-order chi connectivity index (χ0) is 66.1. The molecular weight excluding hydrogens is 1170 g/mol. The summed E-state index contributed by atoms with van der Waals surface area (Å²) < 4.78 is 34.3. The zero-order valence-corrected chi connectivity index (χ0v) is 54.8. The molecule has 19 nitrogen and oxygen atoms in total. The summed E-state index contributed by atoms with van der Waals surface area (Å²) >= 11 is 0. The Balaban J connectivity index is 1.44. The van der Waals surface area contributed by atoms with Crippen LogP contribution in [-0.2, 0) is 33.2 Å². The largest absolute Gasteiger partial charge is 0.394 e. The summed E-state index contributed by atoms with van der Waals surface area (Å²) in [6.45, 7) is 1.57. The van der Waals surface area contributed by atoms with Crippen LogP contribution in [0.25, 0.3) is 0 Å². The summed E-state index contributed by atoms with van der Waals surface area (Å²) in [5, 5.41) is 120. The number of hydrogen-bond donors (Lipinski definition) is 12. The van der Waals surface area contributed by atoms with Gasteiger partial charge in [0.1, 0.15) is 73.2 Å². The molecule has 0 bridgehead atoms. The topological polar surface area (TPSA) is 307 Å². The first kappa shape index (κ1) is 81.4. The van der Waals surface area contributed by atoms with E-state index in [0.29, 0.717) is 6.42 Å². The van der Waals surface area contributed by atoms with Crippen molar-refractivity contribution >= 4 is 5.91 Å². The van der Waals surface area contributed by atoms with Gasteiger partial charge in [-0.05, 0) is 89.9 Å². The van der Waals surface area contributed by atoms with Gasteiger partial charge in [0.05, 0.1) is 38.6 Å². The van der Waals surface area contributed by atoms with Crippen molar-refractivity contribution in [3.05, 3.63) is 122 Å². The van der Waals surface area contributed by atoms with E-state index in [1.807, 2.05) is 6.08 Å². The summed E-state index contributed by atoms with van der Waals surface area (Å²) in [4.78, 5) is 13.4. The fourth-order valence-corrected chi connectivity index (χ4v) is 10.7. The third kappa shape index (κ3) is 34.4. The predicted molar refractivity (Wildman–Crippen MR) is 355 cm³/mol. The lowest BCUT2D eigenvalue weighted by molar-refractivity contribution is -0.379. The van der Waals surface area contributed by atoms with Gasteiger partial charge in [-0.2, -0.15) is 0 Å². The Morgan fingerprint density at radius 3 is 1.19 bits per heavy atom. The third-order valence-electron chi connectivity index (χ3n) is 16.3. The highest BCUT2D eigenvalue weighted by Gasteiger charge is 2.53. The lowest BCUT2D eigenvalue weighted by Gasteiger charge is -2.48. The van der Waals surface area contributed by atoms with Crippen molar-refractivity contribution in [2.45, 2.75) is 298 Å². The fraction of sp³-hybridized carbons (Fsp3) is 0.708. The number of nitrogens with one attached hydrogen (secondary N) is 1. The molecule has 0 aromatic heterocycles. The number of unbranched alkanes of at least 4 members (excludes halogenated alkanes) is 16. The van der Waals surface area contributed by atoms with Gasteiger partial charge in [-0.1, -0.05) is 219 Å². The predicted octanol–water partition coefficient (Wildman–Crippen LogP) is 8.82. The van der Waals surface area contributed by atoms with Crippen LogP contribution in [-0.4, -0.2) is 193 Å². The van der Waals surface area contributed by atoms with E-state index in [1.165, 1.54) is 64.2 Å². The smallest absolute Gasteiger partial charge is 0.220 e. The first-order valence-electron chi connectivity index (χ1n) is 34.3. The molecule has 17 unspecified atom stereocenters. The quantitative estimate of drug-likeness (QED) is 0.0200. The minimum Gasteiger partial charge on any atom is -0.394 e. The summed E-state index contributed by atoms with van der Waals surface area (Å²) in [7, 11) is 0. The summed E-state index contributed by atoms with van der Waals surface area (Å²) in [6.07, 6.45) is 44.5. The van der Waals surface area contributed by atoms with Crippen molar-refractivity contribution in [1.29, 1.82) is 0 Å². The van der Waals surface area contributed by atoms with Gasteiger partial charge in [0.2, 0.25) is 5.91 Å². The Labute approximate surface area is 544 Å². The third-order valence-corrected chi connectivity index (χ3v) is 16.3. The normalized spacial score (nSPS) is 28.6. The summed E-state index contributed by atoms with van der Waals surface area (Å²) in [5.74, 6) is -0.313. The number of ether oxygens (including phenoxy) is 6. The van der Waals surface area contributed by atoms with Crippen molar-refractivity contribution in [3.63, 3.8) is 0 Å². The van der Waals surface area contributed by atoms with Crippen LogP contribution in [0.1, 0.15) is 194 Å². The highest BCUT2D eigenvalue weighted by Crippen LogP contribution is 2.33. The summed E-state index contributed by atoms with van der Waals surface area (Å²) in [6, 6.07) is -1.00. The zero-order valence-electron chi connectivity index (χ0n) is 54.8. The van der Waals surface area contributed by atoms with E-state index < -0.39 is 124 Å². The first-order chi connectivity index (χ1) is 44.3. The average Bonchev–Trinajstić information content (AvgIpc) is 0.876. The molecule has 3 fully saturated rings. The highest BCUT2D eigenvalue weighted by molar-refractivity contribution is 5.76. The lowest BCUT2D eigenvalue weighted by atomic mass is 9.96. The van der Waals surface area contributed by atoms with Crippen molar-refractivity contribution in [2.75, 3.05) is 26.4 Å². The maximum Gasteiger partial charge on any atom is 0.220 e. The Morgan fingerprint density at radius 2 is 0.758 bits per heavy atom. The minimum atomic E-state index is -1.99. The molecule has 1 amide bonds. The van der Waals surface area contributed by atoms with Crippen molar-refractivity contribution in [3.8, 4) is 0 Å². The Bertz CT molecular complexity index is 2120. The van der Waals surface area contributed by atoms with Crippen LogP contribution in [0.4, 0.5) is 0 Å². The van der Waals surface area contributed by atoms with Gasteiger partial charge >= 0.3 is 0 Å². The Morgan fingerprint density at radius 1 is 0.407 bits per heavy atom. The molecule has 0 aliphatic carbocycles. The lowest BCUT2D eigenvalue weighted by Crippen LogP contribution is -2.66. The molecule has 0 aromatic carbocycles. The van der Waals surface area contributed by atoms with E-state index in [4.69, 9.17) is 28.4 Å². The van der Waals surface area contributed by atoms with Crippen molar-refractivity contribution in [2.24, 2.45) is 0 Å².